The van der Waals surface area contributed by atoms with Gasteiger partial charge in [0.1, 0.15) is 0 Å². The van der Waals surface area contributed by atoms with Crippen LogP contribution in [0, 0.1) is 12.3 Å². The fourth-order valence-electron chi connectivity index (χ4n) is 5.54. The van der Waals surface area contributed by atoms with Crippen LogP contribution in [-0.4, -0.2) is 25.1 Å². The van der Waals surface area contributed by atoms with Gasteiger partial charge in [0.05, 0.1) is 12.7 Å². The van der Waals surface area contributed by atoms with E-state index in [1.165, 1.54) is 7.11 Å². The third-order valence-electron chi connectivity index (χ3n) is 7.16. The van der Waals surface area contributed by atoms with E-state index in [4.69, 9.17) is 4.74 Å². The van der Waals surface area contributed by atoms with Gasteiger partial charge in [0, 0.05) is 34.9 Å². The van der Waals surface area contributed by atoms with E-state index in [0.717, 1.165) is 39.8 Å². The van der Waals surface area contributed by atoms with Crippen molar-refractivity contribution in [3.8, 4) is 11.1 Å². The lowest BCUT2D eigenvalue weighted by molar-refractivity contribution is -0.136. The lowest BCUT2D eigenvalue weighted by Crippen LogP contribution is -2.38. The number of hydrogen-bond acceptors (Lipinski definition) is 5. The van der Waals surface area contributed by atoms with Gasteiger partial charge in [0.2, 0.25) is 0 Å². The summed E-state index contributed by atoms with van der Waals surface area (Å²) in [7, 11) is 1.36. The number of methoxy groups -OCH3 is 1. The number of hydrogen-bond donors (Lipinski definition) is 1. The van der Waals surface area contributed by atoms with Crippen molar-refractivity contribution in [3.63, 3.8) is 0 Å². The van der Waals surface area contributed by atoms with Crippen LogP contribution < -0.4 is 5.32 Å². The molecule has 4 rings (SSSR count). The summed E-state index contributed by atoms with van der Waals surface area (Å²) in [6.07, 6.45) is 1.98. The average molecular weight is 460 g/mol. The predicted molar refractivity (Wildman–Crippen MR) is 133 cm³/mol. The zero-order chi connectivity index (χ0) is 24.9. The lowest BCUT2D eigenvalue weighted by atomic mass is 9.68. The van der Waals surface area contributed by atoms with Crippen LogP contribution in [0.2, 0.25) is 0 Å². The van der Waals surface area contributed by atoms with E-state index < -0.39 is 11.9 Å². The second kappa shape index (κ2) is 8.53. The summed E-state index contributed by atoms with van der Waals surface area (Å²) < 4.78 is 5.17. The Morgan fingerprint density at radius 2 is 1.88 bits per heavy atom. The van der Waals surface area contributed by atoms with Crippen molar-refractivity contribution in [3.05, 3.63) is 69.1 Å². The largest absolute Gasteiger partial charge is 0.466 e. The first-order chi connectivity index (χ1) is 16.0. The Labute approximate surface area is 201 Å². The number of rotatable bonds is 4. The fraction of sp³-hybridized carbons (Fsp3) is 0.414. The molecule has 4 aliphatic rings. The van der Waals surface area contributed by atoms with Gasteiger partial charge in [0.25, 0.3) is 0 Å². The molecule has 178 valence electrons. The van der Waals surface area contributed by atoms with Crippen LogP contribution in [0.25, 0.3) is 11.1 Å². The van der Waals surface area contributed by atoms with Crippen LogP contribution in [-0.2, 0) is 14.3 Å². The molecule has 1 N–H and O–H groups in total. The summed E-state index contributed by atoms with van der Waals surface area (Å²) in [5, 5.41) is 3.35. The third-order valence-corrected chi connectivity index (χ3v) is 7.16. The molecular formula is C29H33NO4. The first-order valence-corrected chi connectivity index (χ1v) is 11.8. The van der Waals surface area contributed by atoms with Gasteiger partial charge in [0.15, 0.2) is 12.1 Å². The molecule has 1 unspecified atom stereocenters. The molecule has 1 heterocycles. The van der Waals surface area contributed by atoms with Crippen molar-refractivity contribution in [2.45, 2.75) is 66.2 Å². The van der Waals surface area contributed by atoms with Gasteiger partial charge in [-0.2, -0.15) is 0 Å². The van der Waals surface area contributed by atoms with E-state index in [0.29, 0.717) is 35.2 Å². The number of carbonyl (C=O) groups excluding carboxylic acids is 3. The molecule has 0 spiro atoms. The van der Waals surface area contributed by atoms with E-state index in [1.807, 2.05) is 19.9 Å². The zero-order valence-corrected chi connectivity index (χ0v) is 21.1. The van der Waals surface area contributed by atoms with Gasteiger partial charge in [-0.15, -0.1) is 0 Å². The van der Waals surface area contributed by atoms with Crippen molar-refractivity contribution in [1.29, 1.82) is 0 Å². The summed E-state index contributed by atoms with van der Waals surface area (Å²) in [6, 6.07) is 8.07. The minimum atomic E-state index is -0.591. The van der Waals surface area contributed by atoms with Crippen LogP contribution in [0.4, 0.5) is 0 Å². The number of aldehydes is 1. The van der Waals surface area contributed by atoms with E-state index in [2.05, 4.69) is 51.2 Å². The van der Waals surface area contributed by atoms with Gasteiger partial charge in [-0.05, 0) is 65.5 Å². The zero-order valence-electron chi connectivity index (χ0n) is 21.1. The van der Waals surface area contributed by atoms with Crippen LogP contribution >= 0.6 is 0 Å². The molecule has 5 heteroatoms. The van der Waals surface area contributed by atoms with E-state index in [1.54, 1.807) is 0 Å². The number of esters is 1. The Bertz CT molecular complexity index is 1240. The molecular weight excluding hydrogens is 426 g/mol. The van der Waals surface area contributed by atoms with Gasteiger partial charge in [-0.1, -0.05) is 45.9 Å². The quantitative estimate of drug-likeness (QED) is 0.461. The van der Waals surface area contributed by atoms with Gasteiger partial charge in [-0.25, -0.2) is 4.79 Å². The second-order valence-corrected chi connectivity index (χ2v) is 10.7. The van der Waals surface area contributed by atoms with Crippen molar-refractivity contribution in [1.82, 2.24) is 5.32 Å². The molecule has 1 aliphatic heterocycles. The molecule has 0 aromatic heterocycles. The first kappa shape index (κ1) is 23.9. The summed E-state index contributed by atoms with van der Waals surface area (Å²) in [6.45, 7) is 12.3. The number of Topliss-reactive ketones (excluding diaryl/α,β-unsaturated/α-hetero) is 1. The molecule has 0 radical (unpaired) electrons. The number of dihydropyridines is 1. The molecule has 0 saturated carbocycles. The van der Waals surface area contributed by atoms with Gasteiger partial charge in [-0.3, -0.25) is 9.59 Å². The Morgan fingerprint density at radius 1 is 1.18 bits per heavy atom. The summed E-state index contributed by atoms with van der Waals surface area (Å²) >= 11 is 0. The Hall–Kier alpha value is -3.21. The van der Waals surface area contributed by atoms with Crippen molar-refractivity contribution >= 4 is 18.0 Å². The molecule has 0 bridgehead atoms. The first-order valence-electron chi connectivity index (χ1n) is 11.8. The predicted octanol–water partition coefficient (Wildman–Crippen LogP) is 5.81. The molecule has 1 atom stereocenters. The highest BCUT2D eigenvalue weighted by Crippen LogP contribution is 2.50. The number of carbonyl (C=O) groups is 3. The smallest absolute Gasteiger partial charge is 0.336 e. The van der Waals surface area contributed by atoms with E-state index in [-0.39, 0.29) is 17.1 Å². The number of allylic oxidation sites excluding steroid dienone is 3. The average Bonchev–Trinajstić information content (AvgIpc) is 3.02. The summed E-state index contributed by atoms with van der Waals surface area (Å²) in [4.78, 5) is 38.8. The fourth-order valence-corrected chi connectivity index (χ4v) is 5.54. The number of aryl methyl sites for hydroxylation is 1. The van der Waals surface area contributed by atoms with Crippen molar-refractivity contribution in [2.24, 2.45) is 5.41 Å². The summed E-state index contributed by atoms with van der Waals surface area (Å²) in [5.41, 5.74) is 7.67. The number of fused-ring (bicyclic) bond motifs is 1. The molecule has 34 heavy (non-hydrogen) atoms. The third kappa shape index (κ3) is 3.87. The van der Waals surface area contributed by atoms with Crippen molar-refractivity contribution in [2.75, 3.05) is 7.11 Å². The van der Waals surface area contributed by atoms with E-state index >= 15 is 0 Å². The molecule has 3 aliphatic carbocycles. The van der Waals surface area contributed by atoms with E-state index in [9.17, 15) is 14.4 Å². The normalized spacial score (nSPS) is 19.9. The number of ether oxygens (including phenoxy) is 1. The maximum Gasteiger partial charge on any atom is 0.336 e. The van der Waals surface area contributed by atoms with Gasteiger partial charge < -0.3 is 10.1 Å². The van der Waals surface area contributed by atoms with Crippen LogP contribution in [0.3, 0.4) is 0 Å². The molecule has 0 aromatic carbocycles. The standard InChI is InChI=1S/C29H33NO4/c1-15(2)18-9-8-16(3)24-20(10-18)19(14-31)11-21(24)26-25(28(33)34-7)17(4)30-22-12-29(5,6)13-23(32)27(22)26/h8-11,14-15,26,30H,12-13H2,1-7H3. The molecule has 0 amide bonds. The summed E-state index contributed by atoms with van der Waals surface area (Å²) in [5.74, 6) is -0.745. The minimum absolute atomic E-state index is 0.0282. The lowest BCUT2D eigenvalue weighted by Gasteiger charge is -2.39. The van der Waals surface area contributed by atoms with Crippen molar-refractivity contribution < 1.29 is 19.1 Å². The minimum Gasteiger partial charge on any atom is -0.466 e. The number of nitrogens with one attached hydrogen (secondary N) is 1. The van der Waals surface area contributed by atoms with Gasteiger partial charge >= 0.3 is 5.97 Å². The monoisotopic (exact) mass is 459 g/mol. The molecule has 5 nitrogen and oxygen atoms in total. The Morgan fingerprint density at radius 3 is 2.50 bits per heavy atom. The highest BCUT2D eigenvalue weighted by molar-refractivity contribution is 6.06. The molecule has 0 saturated heterocycles. The molecule has 0 aromatic rings. The molecule has 0 fully saturated rings. The second-order valence-electron chi connectivity index (χ2n) is 10.7. The maximum absolute atomic E-state index is 13.6. The van der Waals surface area contributed by atoms with Crippen LogP contribution in [0.15, 0.2) is 46.8 Å². The highest BCUT2D eigenvalue weighted by Gasteiger charge is 2.44. The number of ketones is 1. The van der Waals surface area contributed by atoms with Crippen LogP contribution in [0.1, 0.15) is 86.3 Å². The Kier molecular flexibility index (Phi) is 6.01. The Balaban J connectivity index is 2.05. The topological polar surface area (TPSA) is 72.5 Å². The maximum atomic E-state index is 13.6. The van der Waals surface area contributed by atoms with Crippen LogP contribution in [0.5, 0.6) is 0 Å². The highest BCUT2D eigenvalue weighted by atomic mass is 16.5. The SMILES string of the molecule is COC(=O)C1=C(C)NC2=C(C(=O)CC(C)(C)C2)C1c1cc(C=O)c2cc(C(C)C)ccc(C)c1-2.